The van der Waals surface area contributed by atoms with Crippen molar-refractivity contribution in [2.75, 3.05) is 13.2 Å². The monoisotopic (exact) mass is 237 g/mol. The Morgan fingerprint density at radius 2 is 2.35 bits per heavy atom. The van der Waals surface area contributed by atoms with Crippen LogP contribution >= 0.6 is 0 Å². The van der Waals surface area contributed by atoms with E-state index in [1.165, 1.54) is 12.8 Å². The predicted octanol–water partition coefficient (Wildman–Crippen LogP) is 2.01. The number of nitrogens with zero attached hydrogens (tertiary/aromatic N) is 2. The van der Waals surface area contributed by atoms with E-state index in [1.807, 2.05) is 12.4 Å². The van der Waals surface area contributed by atoms with E-state index in [4.69, 9.17) is 4.74 Å². The van der Waals surface area contributed by atoms with Crippen LogP contribution in [0.15, 0.2) is 12.4 Å². The third kappa shape index (κ3) is 4.48. The average Bonchev–Trinajstić information content (AvgIpc) is 2.99. The van der Waals surface area contributed by atoms with Gasteiger partial charge in [0.05, 0.1) is 13.2 Å². The number of hydrogen-bond acceptors (Lipinski definition) is 3. The smallest absolute Gasteiger partial charge is 0.124 e. The Balaban J connectivity index is 1.70. The van der Waals surface area contributed by atoms with Gasteiger partial charge in [-0.2, -0.15) is 0 Å². The highest BCUT2D eigenvalue weighted by Gasteiger charge is 2.21. The zero-order valence-electron chi connectivity index (χ0n) is 10.9. The van der Waals surface area contributed by atoms with E-state index < -0.39 is 0 Å². The molecule has 0 amide bonds. The first-order valence-electron chi connectivity index (χ1n) is 6.54. The summed E-state index contributed by atoms with van der Waals surface area (Å²) in [6.07, 6.45) is 6.51. The lowest BCUT2D eigenvalue weighted by Gasteiger charge is -2.10. The largest absolute Gasteiger partial charge is 0.360 e. The van der Waals surface area contributed by atoms with Crippen LogP contribution in [0, 0.1) is 11.8 Å². The zero-order valence-corrected chi connectivity index (χ0v) is 10.9. The lowest BCUT2D eigenvalue weighted by molar-refractivity contribution is 0.0669. The van der Waals surface area contributed by atoms with Gasteiger partial charge in [-0.05, 0) is 31.2 Å². The van der Waals surface area contributed by atoms with Gasteiger partial charge < -0.3 is 14.6 Å². The van der Waals surface area contributed by atoms with Gasteiger partial charge in [-0.25, -0.2) is 4.98 Å². The molecule has 1 aliphatic rings. The molecule has 0 aromatic carbocycles. The minimum atomic E-state index is 0.634. The summed E-state index contributed by atoms with van der Waals surface area (Å²) in [4.78, 5) is 4.35. The van der Waals surface area contributed by atoms with Gasteiger partial charge in [0.25, 0.3) is 0 Å². The lowest BCUT2D eigenvalue weighted by atomic mass is 10.2. The van der Waals surface area contributed by atoms with Gasteiger partial charge in [-0.15, -0.1) is 0 Å². The summed E-state index contributed by atoms with van der Waals surface area (Å²) in [6.45, 7) is 7.79. The summed E-state index contributed by atoms with van der Waals surface area (Å²) in [6, 6.07) is 0. The summed E-state index contributed by atoms with van der Waals surface area (Å²) in [7, 11) is 0. The van der Waals surface area contributed by atoms with Crippen molar-refractivity contribution in [2.24, 2.45) is 11.8 Å². The number of nitrogens with one attached hydrogen (secondary N) is 1. The van der Waals surface area contributed by atoms with Crippen LogP contribution in [0.25, 0.3) is 0 Å². The fraction of sp³-hybridized carbons (Fsp3) is 0.769. The minimum Gasteiger partial charge on any atom is -0.360 e. The van der Waals surface area contributed by atoms with Crippen molar-refractivity contribution in [3.63, 3.8) is 0 Å². The fourth-order valence-corrected chi connectivity index (χ4v) is 1.70. The van der Waals surface area contributed by atoms with Crippen LogP contribution in [0.3, 0.4) is 0 Å². The number of imidazole rings is 1. The Morgan fingerprint density at radius 1 is 1.53 bits per heavy atom. The topological polar surface area (TPSA) is 39.1 Å². The Kier molecular flexibility index (Phi) is 4.57. The Hall–Kier alpha value is -0.870. The predicted molar refractivity (Wildman–Crippen MR) is 67.4 cm³/mol. The van der Waals surface area contributed by atoms with E-state index in [0.29, 0.717) is 12.6 Å². The van der Waals surface area contributed by atoms with Gasteiger partial charge in [0, 0.05) is 12.4 Å². The Labute approximate surface area is 103 Å². The number of hydrogen-bond donors (Lipinski definition) is 1. The summed E-state index contributed by atoms with van der Waals surface area (Å²) < 4.78 is 7.74. The van der Waals surface area contributed by atoms with Gasteiger partial charge in [0.2, 0.25) is 0 Å². The molecule has 0 aliphatic heterocycles. The molecule has 1 N–H and O–H groups in total. The molecule has 0 atom stereocenters. The minimum absolute atomic E-state index is 0.634. The summed E-state index contributed by atoms with van der Waals surface area (Å²) in [5, 5.41) is 3.40. The first-order valence-corrected chi connectivity index (χ1v) is 6.54. The van der Waals surface area contributed by atoms with E-state index in [9.17, 15) is 0 Å². The molecule has 2 rings (SSSR count). The maximum absolute atomic E-state index is 5.67. The molecule has 0 radical (unpaired) electrons. The van der Waals surface area contributed by atoms with E-state index >= 15 is 0 Å². The second-order valence-electron chi connectivity index (χ2n) is 5.28. The molecule has 0 spiro atoms. The highest BCUT2D eigenvalue weighted by Crippen LogP contribution is 2.28. The van der Waals surface area contributed by atoms with Crippen molar-refractivity contribution in [2.45, 2.75) is 40.0 Å². The maximum atomic E-state index is 5.67. The second-order valence-corrected chi connectivity index (χ2v) is 5.28. The quantitative estimate of drug-likeness (QED) is 0.751. The van der Waals surface area contributed by atoms with Crippen LogP contribution in [-0.4, -0.2) is 22.7 Å². The van der Waals surface area contributed by atoms with Crippen LogP contribution < -0.4 is 5.32 Å². The van der Waals surface area contributed by atoms with Crippen molar-refractivity contribution < 1.29 is 4.74 Å². The van der Waals surface area contributed by atoms with Gasteiger partial charge in [0.1, 0.15) is 12.6 Å². The summed E-state index contributed by atoms with van der Waals surface area (Å²) >= 11 is 0. The molecule has 4 heteroatoms. The molecule has 4 nitrogen and oxygen atoms in total. The molecule has 1 aromatic heterocycles. The molecule has 1 aromatic rings. The molecular weight excluding hydrogens is 214 g/mol. The average molecular weight is 237 g/mol. The van der Waals surface area contributed by atoms with E-state index in [1.54, 1.807) is 0 Å². The SMILES string of the molecule is CC(C)CNCc1nccn1COCC1CC1. The third-order valence-electron chi connectivity index (χ3n) is 2.92. The standard InChI is InChI=1S/C13H23N3O/c1-11(2)7-14-8-13-15-5-6-16(13)10-17-9-12-3-4-12/h5-6,11-12,14H,3-4,7-10H2,1-2H3. The van der Waals surface area contributed by atoms with Crippen LogP contribution in [-0.2, 0) is 18.0 Å². The number of ether oxygens (including phenoxy) is 1. The normalized spacial score (nSPS) is 15.7. The molecule has 0 saturated heterocycles. The first-order chi connectivity index (χ1) is 8.25. The van der Waals surface area contributed by atoms with Crippen molar-refractivity contribution in [1.29, 1.82) is 0 Å². The molecule has 0 unspecified atom stereocenters. The van der Waals surface area contributed by atoms with Gasteiger partial charge in [-0.3, -0.25) is 0 Å². The summed E-state index contributed by atoms with van der Waals surface area (Å²) in [5.74, 6) is 2.55. The maximum Gasteiger partial charge on any atom is 0.124 e. The molecule has 1 heterocycles. The molecule has 96 valence electrons. The van der Waals surface area contributed by atoms with Gasteiger partial charge in [-0.1, -0.05) is 13.8 Å². The van der Waals surface area contributed by atoms with Crippen molar-refractivity contribution in [1.82, 2.24) is 14.9 Å². The highest BCUT2D eigenvalue weighted by molar-refractivity contribution is 4.91. The van der Waals surface area contributed by atoms with Crippen LogP contribution in [0.1, 0.15) is 32.5 Å². The Bertz CT molecular complexity index is 309. The van der Waals surface area contributed by atoms with Gasteiger partial charge in [0.15, 0.2) is 0 Å². The van der Waals surface area contributed by atoms with Crippen molar-refractivity contribution in [3.8, 4) is 0 Å². The number of rotatable bonds is 8. The summed E-state index contributed by atoms with van der Waals surface area (Å²) in [5.41, 5.74) is 0. The van der Waals surface area contributed by atoms with E-state index in [0.717, 1.165) is 31.4 Å². The molecule has 1 fully saturated rings. The van der Waals surface area contributed by atoms with Crippen LogP contribution in [0.4, 0.5) is 0 Å². The van der Waals surface area contributed by atoms with Crippen molar-refractivity contribution in [3.05, 3.63) is 18.2 Å². The Morgan fingerprint density at radius 3 is 3.06 bits per heavy atom. The highest BCUT2D eigenvalue weighted by atomic mass is 16.5. The van der Waals surface area contributed by atoms with Gasteiger partial charge >= 0.3 is 0 Å². The third-order valence-corrected chi connectivity index (χ3v) is 2.92. The van der Waals surface area contributed by atoms with E-state index in [-0.39, 0.29) is 0 Å². The van der Waals surface area contributed by atoms with Crippen molar-refractivity contribution >= 4 is 0 Å². The molecule has 0 bridgehead atoms. The molecule has 1 aliphatic carbocycles. The number of aromatic nitrogens is 2. The fourth-order valence-electron chi connectivity index (χ4n) is 1.70. The van der Waals surface area contributed by atoms with Crippen LogP contribution in [0.5, 0.6) is 0 Å². The molecule has 1 saturated carbocycles. The lowest BCUT2D eigenvalue weighted by Crippen LogP contribution is -2.21. The molecule has 17 heavy (non-hydrogen) atoms. The molecular formula is C13H23N3O. The first kappa shape index (κ1) is 12.6. The second kappa shape index (κ2) is 6.17. The van der Waals surface area contributed by atoms with Crippen LogP contribution in [0.2, 0.25) is 0 Å². The van der Waals surface area contributed by atoms with E-state index in [2.05, 4.69) is 28.7 Å². The zero-order chi connectivity index (χ0) is 12.1.